The summed E-state index contributed by atoms with van der Waals surface area (Å²) in [4.78, 5) is 4.16. The molecular formula is C12H19N3. The Kier molecular flexibility index (Phi) is 3.34. The summed E-state index contributed by atoms with van der Waals surface area (Å²) < 4.78 is 0. The number of rotatable bonds is 5. The van der Waals surface area contributed by atoms with Crippen LogP contribution in [0.15, 0.2) is 18.5 Å². The van der Waals surface area contributed by atoms with Gasteiger partial charge in [0.05, 0.1) is 0 Å². The average molecular weight is 205 g/mol. The van der Waals surface area contributed by atoms with Crippen LogP contribution in [-0.4, -0.2) is 4.98 Å². The molecule has 15 heavy (non-hydrogen) atoms. The van der Waals surface area contributed by atoms with Crippen molar-refractivity contribution in [2.45, 2.75) is 38.6 Å². The van der Waals surface area contributed by atoms with Gasteiger partial charge in [0, 0.05) is 18.4 Å². The topological polar surface area (TPSA) is 50.9 Å². The van der Waals surface area contributed by atoms with Crippen LogP contribution in [-0.2, 0) is 6.42 Å². The van der Waals surface area contributed by atoms with E-state index in [1.54, 1.807) is 0 Å². The molecular weight excluding hydrogens is 186 g/mol. The van der Waals surface area contributed by atoms with Crippen molar-refractivity contribution in [3.8, 4) is 0 Å². The van der Waals surface area contributed by atoms with Gasteiger partial charge in [0.15, 0.2) is 0 Å². The molecule has 1 aliphatic carbocycles. The maximum absolute atomic E-state index is 5.63. The normalized spacial score (nSPS) is 17.7. The van der Waals surface area contributed by atoms with E-state index in [9.17, 15) is 0 Å². The molecule has 82 valence electrons. The Labute approximate surface area is 91.1 Å². The second kappa shape index (κ2) is 4.73. The average Bonchev–Trinajstić information content (AvgIpc) is 3.10. The molecule has 0 aromatic carbocycles. The molecule has 0 radical (unpaired) electrons. The lowest BCUT2D eigenvalue weighted by molar-refractivity contribution is 0.483. The van der Waals surface area contributed by atoms with E-state index in [-0.39, 0.29) is 0 Å². The summed E-state index contributed by atoms with van der Waals surface area (Å²) in [6, 6.07) is 2.39. The number of aromatic nitrogens is 1. The van der Waals surface area contributed by atoms with Gasteiger partial charge in [-0.15, -0.1) is 0 Å². The zero-order chi connectivity index (χ0) is 10.7. The highest BCUT2D eigenvalue weighted by Crippen LogP contribution is 2.37. The molecule has 1 aromatic heterocycles. The summed E-state index contributed by atoms with van der Waals surface area (Å²) in [6.45, 7) is 2.16. The lowest BCUT2D eigenvalue weighted by atomic mass is 9.97. The zero-order valence-corrected chi connectivity index (χ0v) is 9.24. The van der Waals surface area contributed by atoms with Crippen molar-refractivity contribution in [2.75, 3.05) is 0 Å². The van der Waals surface area contributed by atoms with Crippen molar-refractivity contribution in [3.05, 3.63) is 29.6 Å². The highest BCUT2D eigenvalue weighted by molar-refractivity contribution is 5.26. The number of hydrogen-bond acceptors (Lipinski definition) is 3. The molecule has 1 heterocycles. The first kappa shape index (κ1) is 10.6. The summed E-state index contributed by atoms with van der Waals surface area (Å²) in [5, 5.41) is 0. The summed E-state index contributed by atoms with van der Waals surface area (Å²) in [7, 11) is 0. The maximum atomic E-state index is 5.63. The first-order chi connectivity index (χ1) is 7.35. The molecule has 0 aliphatic heterocycles. The summed E-state index contributed by atoms with van der Waals surface area (Å²) >= 11 is 0. The van der Waals surface area contributed by atoms with Gasteiger partial charge in [-0.3, -0.25) is 16.3 Å². The van der Waals surface area contributed by atoms with Crippen LogP contribution < -0.4 is 11.3 Å². The molecule has 0 saturated heterocycles. The molecule has 0 bridgehead atoms. The third-order valence-corrected chi connectivity index (χ3v) is 3.16. The van der Waals surface area contributed by atoms with Gasteiger partial charge in [-0.05, 0) is 36.0 Å². The Hall–Kier alpha value is -0.930. The number of aryl methyl sites for hydroxylation is 1. The molecule has 1 fully saturated rings. The summed E-state index contributed by atoms with van der Waals surface area (Å²) in [5.74, 6) is 6.51. The van der Waals surface area contributed by atoms with E-state index in [2.05, 4.69) is 23.4 Å². The Bertz CT molecular complexity index is 320. The quantitative estimate of drug-likeness (QED) is 0.570. The van der Waals surface area contributed by atoms with Gasteiger partial charge in [0.1, 0.15) is 0 Å². The van der Waals surface area contributed by atoms with E-state index in [1.807, 2.05) is 12.4 Å². The Morgan fingerprint density at radius 2 is 2.40 bits per heavy atom. The minimum Gasteiger partial charge on any atom is -0.271 e. The van der Waals surface area contributed by atoms with Gasteiger partial charge in [-0.1, -0.05) is 19.8 Å². The number of hydrazine groups is 1. The molecule has 1 atom stereocenters. The van der Waals surface area contributed by atoms with Crippen LogP contribution in [0.2, 0.25) is 0 Å². The lowest BCUT2D eigenvalue weighted by Crippen LogP contribution is -2.29. The van der Waals surface area contributed by atoms with Gasteiger partial charge in [-0.25, -0.2) is 0 Å². The predicted octanol–water partition coefficient (Wildman–Crippen LogP) is 1.95. The molecule has 1 aromatic rings. The minimum absolute atomic E-state index is 0.301. The van der Waals surface area contributed by atoms with Crippen LogP contribution in [0.4, 0.5) is 0 Å². The van der Waals surface area contributed by atoms with Crippen molar-refractivity contribution in [3.63, 3.8) is 0 Å². The van der Waals surface area contributed by atoms with Crippen LogP contribution in [0.25, 0.3) is 0 Å². The van der Waals surface area contributed by atoms with Gasteiger partial charge in [-0.2, -0.15) is 0 Å². The van der Waals surface area contributed by atoms with Crippen molar-refractivity contribution in [1.82, 2.24) is 10.4 Å². The fraction of sp³-hybridized carbons (Fsp3) is 0.583. The Balaban J connectivity index is 2.15. The fourth-order valence-corrected chi connectivity index (χ4v) is 2.04. The number of hydrogen-bond donors (Lipinski definition) is 2. The van der Waals surface area contributed by atoms with Crippen LogP contribution >= 0.6 is 0 Å². The van der Waals surface area contributed by atoms with Crippen LogP contribution in [0.5, 0.6) is 0 Å². The highest BCUT2D eigenvalue weighted by atomic mass is 15.2. The van der Waals surface area contributed by atoms with Gasteiger partial charge in [0.2, 0.25) is 0 Å². The molecule has 1 unspecified atom stereocenters. The van der Waals surface area contributed by atoms with Crippen molar-refractivity contribution < 1.29 is 0 Å². The first-order valence-corrected chi connectivity index (χ1v) is 5.74. The van der Waals surface area contributed by atoms with E-state index < -0.39 is 0 Å². The minimum atomic E-state index is 0.301. The lowest BCUT2D eigenvalue weighted by Gasteiger charge is -2.18. The van der Waals surface area contributed by atoms with Crippen LogP contribution in [0, 0.1) is 5.92 Å². The van der Waals surface area contributed by atoms with Crippen molar-refractivity contribution in [1.29, 1.82) is 0 Å². The number of nitrogens with two attached hydrogens (primary N) is 1. The third kappa shape index (κ3) is 2.55. The largest absolute Gasteiger partial charge is 0.271 e. The van der Waals surface area contributed by atoms with E-state index in [0.717, 1.165) is 18.8 Å². The Morgan fingerprint density at radius 3 is 3.00 bits per heavy atom. The molecule has 1 saturated carbocycles. The second-order valence-electron chi connectivity index (χ2n) is 4.33. The third-order valence-electron chi connectivity index (χ3n) is 3.16. The molecule has 2 rings (SSSR count). The van der Waals surface area contributed by atoms with Crippen molar-refractivity contribution >= 4 is 0 Å². The molecule has 0 amide bonds. The molecule has 1 aliphatic rings. The molecule has 3 N–H and O–H groups in total. The molecule has 0 spiro atoms. The van der Waals surface area contributed by atoms with E-state index in [4.69, 9.17) is 5.84 Å². The second-order valence-corrected chi connectivity index (χ2v) is 4.33. The van der Waals surface area contributed by atoms with Gasteiger partial charge in [0.25, 0.3) is 0 Å². The van der Waals surface area contributed by atoms with E-state index in [0.29, 0.717) is 6.04 Å². The standard InChI is InChI=1S/C12H19N3/c1-2-10-8-14-6-5-11(10)12(15-13)7-9-3-4-9/h5-6,8-9,12,15H,2-4,7,13H2,1H3. The van der Waals surface area contributed by atoms with Crippen LogP contribution in [0.3, 0.4) is 0 Å². The molecule has 3 nitrogen and oxygen atoms in total. The Morgan fingerprint density at radius 1 is 1.60 bits per heavy atom. The fourth-order valence-electron chi connectivity index (χ4n) is 2.04. The zero-order valence-electron chi connectivity index (χ0n) is 9.24. The number of nitrogens with zero attached hydrogens (tertiary/aromatic N) is 1. The number of nitrogens with one attached hydrogen (secondary N) is 1. The predicted molar refractivity (Wildman–Crippen MR) is 61.0 cm³/mol. The number of pyridine rings is 1. The van der Waals surface area contributed by atoms with Crippen LogP contribution in [0.1, 0.15) is 43.4 Å². The SMILES string of the molecule is CCc1cnccc1C(CC1CC1)NN. The first-order valence-electron chi connectivity index (χ1n) is 5.74. The van der Waals surface area contributed by atoms with E-state index in [1.165, 1.54) is 24.0 Å². The van der Waals surface area contributed by atoms with Gasteiger partial charge < -0.3 is 0 Å². The maximum Gasteiger partial charge on any atom is 0.0466 e. The monoisotopic (exact) mass is 205 g/mol. The van der Waals surface area contributed by atoms with E-state index >= 15 is 0 Å². The van der Waals surface area contributed by atoms with Gasteiger partial charge >= 0.3 is 0 Å². The summed E-state index contributed by atoms with van der Waals surface area (Å²) in [5.41, 5.74) is 5.56. The molecule has 3 heteroatoms. The highest BCUT2D eigenvalue weighted by Gasteiger charge is 2.26. The smallest absolute Gasteiger partial charge is 0.0466 e. The van der Waals surface area contributed by atoms with Crippen molar-refractivity contribution in [2.24, 2.45) is 11.8 Å². The summed E-state index contributed by atoms with van der Waals surface area (Å²) in [6.07, 6.45) is 8.72.